The number of hydrogen-bond acceptors (Lipinski definition) is 7. The van der Waals surface area contributed by atoms with Gasteiger partial charge in [0.1, 0.15) is 6.04 Å². The van der Waals surface area contributed by atoms with Gasteiger partial charge in [-0.2, -0.15) is 0 Å². The van der Waals surface area contributed by atoms with Crippen molar-refractivity contribution in [2.45, 2.75) is 18.2 Å². The molecule has 0 bridgehead atoms. The van der Waals surface area contributed by atoms with Crippen molar-refractivity contribution in [3.63, 3.8) is 0 Å². The summed E-state index contributed by atoms with van der Waals surface area (Å²) < 4.78 is 17.3. The molecule has 2 amide bonds. The molecule has 4 aliphatic rings. The van der Waals surface area contributed by atoms with Crippen LogP contribution in [0.4, 0.5) is 11.4 Å². The zero-order valence-corrected chi connectivity index (χ0v) is 22.9. The third-order valence-electron chi connectivity index (χ3n) is 8.71. The fourth-order valence-electron chi connectivity index (χ4n) is 6.83. The molecule has 4 aromatic carbocycles. The largest absolute Gasteiger partial charge is 0.454 e. The molecule has 4 aliphatic heterocycles. The van der Waals surface area contributed by atoms with Crippen molar-refractivity contribution in [2.24, 2.45) is 11.8 Å². The van der Waals surface area contributed by atoms with Crippen molar-refractivity contribution in [3.8, 4) is 11.5 Å². The standard InChI is InChI=1S/C35H26N2O6/c38-33-29-26-17-15-21-9-7-8-14-25(21)37(26)31(30(29)34(39)36(33)24-16-18-27-28(19-24)42-20-41-27)35(40)43-32(22-10-3-1-4-11-22)23-12-5-2-6-13-23/h1-19,26,29-32H,20H2/t26-,29-,30+,31-/m1/s1. The highest BCUT2D eigenvalue weighted by Crippen LogP contribution is 2.50. The van der Waals surface area contributed by atoms with Gasteiger partial charge in [-0.15, -0.1) is 0 Å². The molecule has 0 aromatic heterocycles. The van der Waals surface area contributed by atoms with Gasteiger partial charge >= 0.3 is 5.97 Å². The zero-order valence-electron chi connectivity index (χ0n) is 22.9. The molecule has 212 valence electrons. The number of carbonyl (C=O) groups excluding carboxylic acids is 3. The first-order valence-electron chi connectivity index (χ1n) is 14.2. The summed E-state index contributed by atoms with van der Waals surface area (Å²) in [6.45, 7) is 0.0745. The number of anilines is 2. The molecule has 0 unspecified atom stereocenters. The molecule has 2 saturated heterocycles. The van der Waals surface area contributed by atoms with Gasteiger partial charge < -0.3 is 19.1 Å². The Kier molecular flexibility index (Phi) is 5.82. The van der Waals surface area contributed by atoms with Crippen molar-refractivity contribution in [1.29, 1.82) is 0 Å². The van der Waals surface area contributed by atoms with Crippen molar-refractivity contribution < 1.29 is 28.6 Å². The van der Waals surface area contributed by atoms with Crippen LogP contribution in [0.3, 0.4) is 0 Å². The van der Waals surface area contributed by atoms with Gasteiger partial charge in [0.2, 0.25) is 18.6 Å². The minimum atomic E-state index is -1.02. The van der Waals surface area contributed by atoms with Crippen LogP contribution in [0.2, 0.25) is 0 Å². The Hall–Kier alpha value is -5.37. The molecule has 8 rings (SSSR count). The predicted octanol–water partition coefficient (Wildman–Crippen LogP) is 5.14. The molecule has 4 aromatic rings. The van der Waals surface area contributed by atoms with Crippen molar-refractivity contribution in [3.05, 3.63) is 126 Å². The van der Waals surface area contributed by atoms with Gasteiger partial charge in [0.25, 0.3) is 0 Å². The van der Waals surface area contributed by atoms with Crippen molar-refractivity contribution in [2.75, 3.05) is 16.6 Å². The number of rotatable bonds is 5. The van der Waals surface area contributed by atoms with Gasteiger partial charge in [-0.3, -0.25) is 9.59 Å². The summed E-state index contributed by atoms with van der Waals surface area (Å²) in [5.74, 6) is -2.06. The van der Waals surface area contributed by atoms with E-state index in [-0.39, 0.29) is 12.7 Å². The SMILES string of the molecule is O=C(OC(c1ccccc1)c1ccccc1)[C@H]1[C@H]2C(=O)N(c3ccc4c(c3)OCO4)C(=O)[C@@H]2[C@H]2C=Cc3ccccc3N21. The van der Waals surface area contributed by atoms with Crippen LogP contribution in [-0.4, -0.2) is 36.7 Å². The van der Waals surface area contributed by atoms with Crippen molar-refractivity contribution >= 4 is 35.2 Å². The topological polar surface area (TPSA) is 85.4 Å². The third-order valence-corrected chi connectivity index (χ3v) is 8.71. The Morgan fingerprint density at radius 3 is 2.16 bits per heavy atom. The minimum absolute atomic E-state index is 0.0745. The van der Waals surface area contributed by atoms with E-state index in [2.05, 4.69) is 0 Å². The number of fused-ring (bicyclic) bond motifs is 6. The summed E-state index contributed by atoms with van der Waals surface area (Å²) >= 11 is 0. The van der Waals surface area contributed by atoms with Crippen molar-refractivity contribution in [1.82, 2.24) is 0 Å². The summed E-state index contributed by atoms with van der Waals surface area (Å²) in [6, 6.07) is 30.2. The minimum Gasteiger partial charge on any atom is -0.454 e. The normalized spacial score (nSPS) is 22.9. The smallest absolute Gasteiger partial charge is 0.330 e. The van der Waals surface area contributed by atoms with E-state index in [0.717, 1.165) is 22.4 Å². The van der Waals surface area contributed by atoms with Crippen LogP contribution >= 0.6 is 0 Å². The monoisotopic (exact) mass is 570 g/mol. The van der Waals surface area contributed by atoms with Crippen LogP contribution in [0.15, 0.2) is 109 Å². The van der Waals surface area contributed by atoms with Crippen LogP contribution in [0.25, 0.3) is 6.08 Å². The number of esters is 1. The molecule has 8 nitrogen and oxygen atoms in total. The maximum Gasteiger partial charge on any atom is 0.330 e. The number of hydrogen-bond donors (Lipinski definition) is 0. The molecule has 0 N–H and O–H groups in total. The Balaban J connectivity index is 1.21. The van der Waals surface area contributed by atoms with Crippen LogP contribution < -0.4 is 19.3 Å². The molecular weight excluding hydrogens is 544 g/mol. The van der Waals surface area contributed by atoms with Crippen LogP contribution in [0, 0.1) is 11.8 Å². The second-order valence-electron chi connectivity index (χ2n) is 11.0. The first-order valence-corrected chi connectivity index (χ1v) is 14.2. The maximum atomic E-state index is 14.5. The summed E-state index contributed by atoms with van der Waals surface area (Å²) in [7, 11) is 0. The van der Waals surface area contributed by atoms with Crippen LogP contribution in [-0.2, 0) is 19.1 Å². The summed E-state index contributed by atoms with van der Waals surface area (Å²) in [6.07, 6.45) is 3.19. The second kappa shape index (κ2) is 9.87. The van der Waals surface area contributed by atoms with Gasteiger partial charge in [-0.1, -0.05) is 91.0 Å². The molecule has 2 fully saturated rings. The molecule has 0 aliphatic carbocycles. The average molecular weight is 571 g/mol. The zero-order chi connectivity index (χ0) is 29.1. The maximum absolute atomic E-state index is 14.5. The highest BCUT2D eigenvalue weighted by molar-refractivity contribution is 6.24. The van der Waals surface area contributed by atoms with E-state index in [1.165, 1.54) is 4.90 Å². The van der Waals surface area contributed by atoms with Crippen LogP contribution in [0.5, 0.6) is 11.5 Å². The molecular formula is C35H26N2O6. The lowest BCUT2D eigenvalue weighted by molar-refractivity contribution is -0.151. The highest BCUT2D eigenvalue weighted by Gasteiger charge is 2.65. The van der Waals surface area contributed by atoms with Gasteiger partial charge in [0, 0.05) is 11.8 Å². The molecule has 4 heterocycles. The summed E-state index contributed by atoms with van der Waals surface area (Å²) in [4.78, 5) is 45.9. The fraction of sp³-hybridized carbons (Fsp3) is 0.171. The molecule has 0 radical (unpaired) electrons. The first kappa shape index (κ1) is 25.3. The Morgan fingerprint density at radius 2 is 1.42 bits per heavy atom. The number of amides is 2. The van der Waals surface area contributed by atoms with Crippen LogP contribution in [0.1, 0.15) is 22.8 Å². The molecule has 4 atom stereocenters. The number of benzene rings is 4. The Bertz CT molecular complexity index is 1750. The van der Waals surface area contributed by atoms with Gasteiger partial charge in [-0.25, -0.2) is 9.69 Å². The molecule has 43 heavy (non-hydrogen) atoms. The van der Waals surface area contributed by atoms with E-state index in [1.54, 1.807) is 18.2 Å². The fourth-order valence-corrected chi connectivity index (χ4v) is 6.83. The lowest BCUT2D eigenvalue weighted by Gasteiger charge is -2.36. The lowest BCUT2D eigenvalue weighted by atomic mass is 9.88. The van der Waals surface area contributed by atoms with E-state index >= 15 is 0 Å². The second-order valence-corrected chi connectivity index (χ2v) is 11.0. The first-order chi connectivity index (χ1) is 21.1. The van der Waals surface area contributed by atoms with E-state index in [0.29, 0.717) is 17.2 Å². The number of imide groups is 1. The third kappa shape index (κ3) is 3.94. The molecule has 8 heteroatoms. The number of nitrogens with zero attached hydrogens (tertiary/aromatic N) is 2. The van der Waals surface area contributed by atoms with E-state index < -0.39 is 41.9 Å². The van der Waals surface area contributed by atoms with E-state index in [9.17, 15) is 14.4 Å². The Morgan fingerprint density at radius 1 is 0.767 bits per heavy atom. The number of carbonyl (C=O) groups is 3. The Labute approximate surface area is 247 Å². The number of ether oxygens (including phenoxy) is 3. The van der Waals surface area contributed by atoms with Gasteiger partial charge in [0.05, 0.1) is 23.6 Å². The molecule has 0 spiro atoms. The average Bonchev–Trinajstić information content (AvgIpc) is 3.73. The van der Waals surface area contributed by atoms with Gasteiger partial charge in [-0.05, 0) is 34.9 Å². The molecule has 0 saturated carbocycles. The van der Waals surface area contributed by atoms with E-state index in [4.69, 9.17) is 14.2 Å². The highest BCUT2D eigenvalue weighted by atomic mass is 16.7. The predicted molar refractivity (Wildman–Crippen MR) is 158 cm³/mol. The van der Waals surface area contributed by atoms with Gasteiger partial charge in [0.15, 0.2) is 17.6 Å². The summed E-state index contributed by atoms with van der Waals surface area (Å²) in [5.41, 5.74) is 3.70. The number of para-hydroxylation sites is 1. The van der Waals surface area contributed by atoms with E-state index in [1.807, 2.05) is 102 Å². The summed E-state index contributed by atoms with van der Waals surface area (Å²) in [5, 5.41) is 0. The lowest BCUT2D eigenvalue weighted by Crippen LogP contribution is -2.49. The quantitative estimate of drug-likeness (QED) is 0.243.